The van der Waals surface area contributed by atoms with Gasteiger partial charge in [0, 0.05) is 5.69 Å². The number of carbonyl (C=O) groups excluding carboxylic acids is 2. The first-order valence-corrected chi connectivity index (χ1v) is 12.4. The second-order valence-electron chi connectivity index (χ2n) is 7.58. The van der Waals surface area contributed by atoms with Crippen molar-refractivity contribution in [3.05, 3.63) is 83.3 Å². The molecule has 7 nitrogen and oxygen atoms in total. The molecule has 184 valence electrons. The highest BCUT2D eigenvalue weighted by Gasteiger charge is 2.33. The largest absolute Gasteiger partial charge is 0.497 e. The number of nitrogens with zero attached hydrogens (tertiary/aromatic N) is 1. The Morgan fingerprint density at radius 3 is 2.19 bits per heavy atom. The molecular weight excluding hydrogens is 496 g/mol. The molecule has 1 fully saturated rings. The molecule has 0 radical (unpaired) electrons. The van der Waals surface area contributed by atoms with Gasteiger partial charge in [0.1, 0.15) is 17.2 Å². The number of nitrogens with one attached hydrogen (secondary N) is 1. The third-order valence-electron chi connectivity index (χ3n) is 5.12. The van der Waals surface area contributed by atoms with Crippen molar-refractivity contribution in [2.24, 2.45) is 0 Å². The summed E-state index contributed by atoms with van der Waals surface area (Å²) >= 11 is 6.68. The van der Waals surface area contributed by atoms with Crippen molar-refractivity contribution in [1.29, 1.82) is 0 Å². The third-order valence-corrected chi connectivity index (χ3v) is 6.42. The van der Waals surface area contributed by atoms with Crippen LogP contribution in [-0.2, 0) is 9.59 Å². The third kappa shape index (κ3) is 6.24. The Morgan fingerprint density at radius 2 is 1.56 bits per heavy atom. The quantitative estimate of drug-likeness (QED) is 0.294. The average Bonchev–Trinajstić information content (AvgIpc) is 3.17. The summed E-state index contributed by atoms with van der Waals surface area (Å²) in [7, 11) is 1.59. The van der Waals surface area contributed by atoms with Crippen LogP contribution < -0.4 is 24.4 Å². The maximum absolute atomic E-state index is 13.0. The molecule has 1 saturated heterocycles. The van der Waals surface area contributed by atoms with Crippen LogP contribution in [0.2, 0.25) is 0 Å². The second-order valence-corrected chi connectivity index (χ2v) is 9.25. The van der Waals surface area contributed by atoms with E-state index in [1.165, 1.54) is 16.7 Å². The van der Waals surface area contributed by atoms with E-state index in [-0.39, 0.29) is 18.4 Å². The number of anilines is 2. The highest BCUT2D eigenvalue weighted by molar-refractivity contribution is 8.27. The highest BCUT2D eigenvalue weighted by atomic mass is 32.2. The second kappa shape index (κ2) is 11.7. The van der Waals surface area contributed by atoms with E-state index in [2.05, 4.69) is 5.32 Å². The molecule has 9 heteroatoms. The van der Waals surface area contributed by atoms with Crippen molar-refractivity contribution < 1.29 is 23.8 Å². The fourth-order valence-corrected chi connectivity index (χ4v) is 4.68. The number of methoxy groups -OCH3 is 1. The first kappa shape index (κ1) is 25.3. The molecular formula is C27H24N2O5S2. The molecule has 1 aliphatic rings. The minimum absolute atomic E-state index is 0.132. The summed E-state index contributed by atoms with van der Waals surface area (Å²) in [4.78, 5) is 27.2. The molecule has 1 heterocycles. The van der Waals surface area contributed by atoms with Gasteiger partial charge in [-0.1, -0.05) is 36.1 Å². The first-order chi connectivity index (χ1) is 17.5. The molecule has 4 rings (SSSR count). The van der Waals surface area contributed by atoms with Crippen LogP contribution in [0, 0.1) is 0 Å². The van der Waals surface area contributed by atoms with Crippen molar-refractivity contribution in [3.63, 3.8) is 0 Å². The normalized spacial score (nSPS) is 14.2. The Morgan fingerprint density at radius 1 is 0.944 bits per heavy atom. The van der Waals surface area contributed by atoms with Gasteiger partial charge in [-0.15, -0.1) is 0 Å². The lowest BCUT2D eigenvalue weighted by Crippen LogP contribution is -2.27. The summed E-state index contributed by atoms with van der Waals surface area (Å²) in [5.41, 5.74) is 2.17. The number of hydrogen-bond acceptors (Lipinski definition) is 7. The lowest BCUT2D eigenvalue weighted by atomic mass is 10.2. The number of amides is 2. The minimum atomic E-state index is -0.273. The van der Waals surface area contributed by atoms with Gasteiger partial charge in [0.15, 0.2) is 10.9 Å². The Labute approximate surface area is 219 Å². The van der Waals surface area contributed by atoms with Gasteiger partial charge in [0.05, 0.1) is 24.3 Å². The van der Waals surface area contributed by atoms with E-state index in [9.17, 15) is 9.59 Å². The van der Waals surface area contributed by atoms with Crippen LogP contribution in [-0.4, -0.2) is 36.5 Å². The molecule has 3 aromatic carbocycles. The summed E-state index contributed by atoms with van der Waals surface area (Å²) in [6.45, 7) is 2.36. The Bertz CT molecular complexity index is 1270. The monoisotopic (exact) mass is 520 g/mol. The smallest absolute Gasteiger partial charge is 0.270 e. The molecule has 3 aromatic rings. The summed E-state index contributed by atoms with van der Waals surface area (Å²) in [6.07, 6.45) is 1.78. The molecule has 2 amide bonds. The number of thioether (sulfide) groups is 1. The Kier molecular flexibility index (Phi) is 8.24. The molecule has 0 saturated carbocycles. The van der Waals surface area contributed by atoms with Crippen LogP contribution in [0.25, 0.3) is 6.08 Å². The number of ether oxygens (including phenoxy) is 3. The zero-order chi connectivity index (χ0) is 25.5. The minimum Gasteiger partial charge on any atom is -0.497 e. The van der Waals surface area contributed by atoms with E-state index in [1.807, 2.05) is 19.1 Å². The van der Waals surface area contributed by atoms with Gasteiger partial charge in [0.25, 0.3) is 11.8 Å². The van der Waals surface area contributed by atoms with Gasteiger partial charge >= 0.3 is 0 Å². The van der Waals surface area contributed by atoms with Crippen molar-refractivity contribution in [1.82, 2.24) is 0 Å². The summed E-state index contributed by atoms with van der Waals surface area (Å²) < 4.78 is 16.6. The molecule has 0 spiro atoms. The van der Waals surface area contributed by atoms with Gasteiger partial charge in [0.2, 0.25) is 0 Å². The summed E-state index contributed by atoms with van der Waals surface area (Å²) in [6, 6.07) is 21.4. The Balaban J connectivity index is 1.33. The van der Waals surface area contributed by atoms with E-state index in [0.717, 1.165) is 11.3 Å². The zero-order valence-corrected chi connectivity index (χ0v) is 21.4. The van der Waals surface area contributed by atoms with Gasteiger partial charge in [-0.05, 0) is 79.2 Å². The highest BCUT2D eigenvalue weighted by Crippen LogP contribution is 2.36. The number of hydrogen-bond donors (Lipinski definition) is 1. The van der Waals surface area contributed by atoms with Crippen molar-refractivity contribution in [2.75, 3.05) is 30.5 Å². The number of carbonyl (C=O) groups is 2. The zero-order valence-electron chi connectivity index (χ0n) is 19.7. The van der Waals surface area contributed by atoms with Gasteiger partial charge in [-0.25, -0.2) is 0 Å². The van der Waals surface area contributed by atoms with Gasteiger partial charge in [-0.3, -0.25) is 14.5 Å². The topological polar surface area (TPSA) is 77.1 Å². The number of benzene rings is 3. The standard InChI is InChI=1S/C27H24N2O5S2/c1-3-33-22-12-6-19(7-13-22)28-25(30)17-34-23-10-4-18(5-11-23)16-24-26(31)29(27(35)36-24)20-8-14-21(32-2)15-9-20/h4-16H,3,17H2,1-2H3,(H,28,30)/b24-16-. The fraction of sp³-hybridized carbons (Fsp3) is 0.148. The summed E-state index contributed by atoms with van der Waals surface area (Å²) in [5.74, 6) is 1.54. The SMILES string of the molecule is CCOc1ccc(NC(=O)COc2ccc(/C=C3\SC(=S)N(c4ccc(OC)cc4)C3=O)cc2)cc1. The van der Waals surface area contributed by atoms with Crippen LogP contribution in [0.15, 0.2) is 77.7 Å². The molecule has 36 heavy (non-hydrogen) atoms. The molecule has 0 aromatic heterocycles. The van der Waals surface area contributed by atoms with E-state index in [4.69, 9.17) is 26.4 Å². The predicted molar refractivity (Wildman–Crippen MR) is 147 cm³/mol. The van der Waals surface area contributed by atoms with E-state index in [0.29, 0.717) is 38.7 Å². The predicted octanol–water partition coefficient (Wildman–Crippen LogP) is 5.52. The Hall–Kier alpha value is -3.82. The molecule has 1 aliphatic heterocycles. The lowest BCUT2D eigenvalue weighted by Gasteiger charge is -2.14. The van der Waals surface area contributed by atoms with Gasteiger partial charge < -0.3 is 19.5 Å². The van der Waals surface area contributed by atoms with Crippen LogP contribution >= 0.6 is 24.0 Å². The number of thiocarbonyl (C=S) groups is 1. The summed E-state index contributed by atoms with van der Waals surface area (Å²) in [5, 5.41) is 2.78. The van der Waals surface area contributed by atoms with Crippen LogP contribution in [0.5, 0.6) is 17.2 Å². The van der Waals surface area contributed by atoms with E-state index >= 15 is 0 Å². The van der Waals surface area contributed by atoms with E-state index < -0.39 is 0 Å². The van der Waals surface area contributed by atoms with E-state index in [1.54, 1.807) is 73.8 Å². The van der Waals surface area contributed by atoms with Crippen molar-refractivity contribution in [3.8, 4) is 17.2 Å². The van der Waals surface area contributed by atoms with Gasteiger partial charge in [-0.2, -0.15) is 0 Å². The molecule has 0 unspecified atom stereocenters. The molecule has 1 N–H and O–H groups in total. The number of rotatable bonds is 9. The molecule has 0 bridgehead atoms. The average molecular weight is 521 g/mol. The molecule has 0 atom stereocenters. The van der Waals surface area contributed by atoms with Crippen molar-refractivity contribution >= 4 is 57.6 Å². The van der Waals surface area contributed by atoms with Crippen LogP contribution in [0.3, 0.4) is 0 Å². The van der Waals surface area contributed by atoms with Crippen LogP contribution in [0.1, 0.15) is 12.5 Å². The maximum Gasteiger partial charge on any atom is 0.270 e. The first-order valence-electron chi connectivity index (χ1n) is 11.1. The fourth-order valence-electron chi connectivity index (χ4n) is 3.38. The van der Waals surface area contributed by atoms with Crippen LogP contribution in [0.4, 0.5) is 11.4 Å². The lowest BCUT2D eigenvalue weighted by molar-refractivity contribution is -0.118. The maximum atomic E-state index is 13.0. The van der Waals surface area contributed by atoms with Crippen molar-refractivity contribution in [2.45, 2.75) is 6.92 Å². The molecule has 0 aliphatic carbocycles.